The van der Waals surface area contributed by atoms with Crippen molar-refractivity contribution in [3.05, 3.63) is 34.9 Å². The molecule has 1 aliphatic rings. The lowest BCUT2D eigenvalue weighted by molar-refractivity contribution is 0.170. The van der Waals surface area contributed by atoms with E-state index in [-0.39, 0.29) is 0 Å². The summed E-state index contributed by atoms with van der Waals surface area (Å²) < 4.78 is 0. The van der Waals surface area contributed by atoms with E-state index in [4.69, 9.17) is 11.6 Å². The van der Waals surface area contributed by atoms with Crippen LogP contribution in [-0.4, -0.2) is 29.2 Å². The van der Waals surface area contributed by atoms with Gasteiger partial charge < -0.3 is 10.4 Å². The van der Waals surface area contributed by atoms with Gasteiger partial charge in [0.2, 0.25) is 0 Å². The summed E-state index contributed by atoms with van der Waals surface area (Å²) in [5.41, 5.74) is 0.923. The van der Waals surface area contributed by atoms with Crippen molar-refractivity contribution in [2.45, 2.75) is 36.7 Å². The molecule has 0 saturated heterocycles. The third kappa shape index (κ3) is 3.89. The van der Waals surface area contributed by atoms with Gasteiger partial charge >= 0.3 is 0 Å². The lowest BCUT2D eigenvalue weighted by atomic mass is 10.1. The highest BCUT2D eigenvalue weighted by Crippen LogP contribution is 2.28. The Bertz CT molecular complexity index is 371. The summed E-state index contributed by atoms with van der Waals surface area (Å²) in [5.74, 6) is 0. The lowest BCUT2D eigenvalue weighted by Crippen LogP contribution is -2.31. The minimum Gasteiger partial charge on any atom is -0.387 e. The number of aliphatic hydroxyl groups excluding tert-OH is 1. The highest BCUT2D eigenvalue weighted by Gasteiger charge is 2.23. The van der Waals surface area contributed by atoms with Crippen LogP contribution in [0.1, 0.15) is 30.9 Å². The van der Waals surface area contributed by atoms with Crippen molar-refractivity contribution in [2.24, 2.45) is 0 Å². The highest BCUT2D eigenvalue weighted by molar-refractivity contribution is 7.99. The molecule has 0 heterocycles. The molecule has 0 aromatic heterocycles. The van der Waals surface area contributed by atoms with Crippen LogP contribution in [0.5, 0.6) is 0 Å². The summed E-state index contributed by atoms with van der Waals surface area (Å²) in [4.78, 5) is 0. The summed E-state index contributed by atoms with van der Waals surface area (Å²) >= 11 is 7.78. The average Bonchev–Trinajstić information content (AvgIpc) is 2.85. The van der Waals surface area contributed by atoms with Crippen LogP contribution < -0.4 is 5.32 Å². The molecule has 2 nitrogen and oxygen atoms in total. The van der Waals surface area contributed by atoms with Gasteiger partial charge in [-0.25, -0.2) is 0 Å². The quantitative estimate of drug-likeness (QED) is 0.871. The van der Waals surface area contributed by atoms with Crippen molar-refractivity contribution in [2.75, 3.05) is 12.8 Å². The fourth-order valence-electron chi connectivity index (χ4n) is 2.42. The molecule has 0 aliphatic heterocycles. The van der Waals surface area contributed by atoms with Crippen molar-refractivity contribution in [3.8, 4) is 0 Å². The van der Waals surface area contributed by atoms with Crippen molar-refractivity contribution < 1.29 is 5.11 Å². The molecule has 4 heteroatoms. The summed E-state index contributed by atoms with van der Waals surface area (Å²) in [6.45, 7) is 0.618. The summed E-state index contributed by atoms with van der Waals surface area (Å²) in [7, 11) is 0. The maximum Gasteiger partial charge on any atom is 0.0914 e. The van der Waals surface area contributed by atoms with E-state index in [0.717, 1.165) is 10.8 Å². The van der Waals surface area contributed by atoms with Gasteiger partial charge in [0.1, 0.15) is 0 Å². The van der Waals surface area contributed by atoms with E-state index in [1.807, 2.05) is 36.0 Å². The first kappa shape index (κ1) is 14.2. The Morgan fingerprint density at radius 1 is 1.39 bits per heavy atom. The van der Waals surface area contributed by atoms with Crippen LogP contribution in [0.2, 0.25) is 5.02 Å². The van der Waals surface area contributed by atoms with E-state index in [1.54, 1.807) is 0 Å². The fourth-order valence-corrected chi connectivity index (χ4v) is 3.34. The molecule has 3 atom stereocenters. The van der Waals surface area contributed by atoms with E-state index in [9.17, 15) is 5.11 Å². The molecule has 0 bridgehead atoms. The van der Waals surface area contributed by atoms with Crippen LogP contribution >= 0.6 is 23.4 Å². The molecule has 1 aromatic carbocycles. The normalized spacial score (nSPS) is 25.3. The second kappa shape index (κ2) is 6.80. The summed E-state index contributed by atoms with van der Waals surface area (Å²) in [5, 5.41) is 15.0. The van der Waals surface area contributed by atoms with Crippen LogP contribution in [0.25, 0.3) is 0 Å². The van der Waals surface area contributed by atoms with Gasteiger partial charge in [0, 0.05) is 22.9 Å². The second-order valence-corrected chi connectivity index (χ2v) is 6.42. The maximum absolute atomic E-state index is 10.1. The van der Waals surface area contributed by atoms with Gasteiger partial charge in [0.05, 0.1) is 6.10 Å². The van der Waals surface area contributed by atoms with Crippen LogP contribution in [-0.2, 0) is 0 Å². The molecule has 1 fully saturated rings. The molecule has 2 N–H and O–H groups in total. The molecule has 18 heavy (non-hydrogen) atoms. The van der Waals surface area contributed by atoms with E-state index >= 15 is 0 Å². The minimum atomic E-state index is -0.449. The zero-order valence-electron chi connectivity index (χ0n) is 10.6. The minimum absolute atomic E-state index is 0.449. The number of rotatable bonds is 5. The van der Waals surface area contributed by atoms with Crippen molar-refractivity contribution in [3.63, 3.8) is 0 Å². The molecular weight excluding hydrogens is 266 g/mol. The monoisotopic (exact) mass is 285 g/mol. The van der Waals surface area contributed by atoms with E-state index in [2.05, 4.69) is 11.6 Å². The maximum atomic E-state index is 10.1. The van der Waals surface area contributed by atoms with Crippen LogP contribution in [0.3, 0.4) is 0 Å². The SMILES string of the molecule is CSC1CCC(NCC(O)c2ccc(Cl)cc2)C1. The molecule has 1 saturated carbocycles. The van der Waals surface area contributed by atoms with E-state index in [0.29, 0.717) is 17.6 Å². The zero-order chi connectivity index (χ0) is 13.0. The number of halogens is 1. The Morgan fingerprint density at radius 3 is 2.72 bits per heavy atom. The van der Waals surface area contributed by atoms with E-state index < -0.39 is 6.10 Å². The highest BCUT2D eigenvalue weighted by atomic mass is 35.5. The Morgan fingerprint density at radius 2 is 2.11 bits per heavy atom. The first-order valence-electron chi connectivity index (χ1n) is 6.38. The van der Waals surface area contributed by atoms with Gasteiger partial charge in [-0.2, -0.15) is 11.8 Å². The van der Waals surface area contributed by atoms with Crippen LogP contribution in [0.4, 0.5) is 0 Å². The lowest BCUT2D eigenvalue weighted by Gasteiger charge is -2.17. The van der Waals surface area contributed by atoms with Crippen LogP contribution in [0, 0.1) is 0 Å². The third-order valence-electron chi connectivity index (χ3n) is 3.57. The third-order valence-corrected chi connectivity index (χ3v) is 4.92. The Hall–Kier alpha value is -0.220. The first-order valence-corrected chi connectivity index (χ1v) is 8.05. The van der Waals surface area contributed by atoms with Crippen molar-refractivity contribution in [1.82, 2.24) is 5.32 Å². The zero-order valence-corrected chi connectivity index (χ0v) is 12.2. The predicted octanol–water partition coefficient (Wildman–Crippen LogP) is 3.25. The van der Waals surface area contributed by atoms with Gasteiger partial charge in [-0.05, 0) is 43.2 Å². The topological polar surface area (TPSA) is 32.3 Å². The van der Waals surface area contributed by atoms with Gasteiger partial charge in [0.25, 0.3) is 0 Å². The largest absolute Gasteiger partial charge is 0.387 e. The smallest absolute Gasteiger partial charge is 0.0914 e. The molecule has 2 rings (SSSR count). The van der Waals surface area contributed by atoms with Gasteiger partial charge in [0.15, 0.2) is 0 Å². The number of hydrogen-bond acceptors (Lipinski definition) is 3. The Kier molecular flexibility index (Phi) is 5.37. The average molecular weight is 286 g/mol. The molecule has 0 amide bonds. The molecular formula is C14H20ClNOS. The van der Waals surface area contributed by atoms with Gasteiger partial charge in [-0.3, -0.25) is 0 Å². The number of aliphatic hydroxyl groups is 1. The summed E-state index contributed by atoms with van der Waals surface area (Å²) in [6, 6.07) is 7.96. The van der Waals surface area contributed by atoms with Crippen LogP contribution in [0.15, 0.2) is 24.3 Å². The second-order valence-electron chi connectivity index (χ2n) is 4.84. The van der Waals surface area contributed by atoms with Gasteiger partial charge in [-0.15, -0.1) is 0 Å². The molecule has 0 radical (unpaired) electrons. The Labute approximate surface area is 118 Å². The van der Waals surface area contributed by atoms with Gasteiger partial charge in [-0.1, -0.05) is 23.7 Å². The standard InChI is InChI=1S/C14H20ClNOS/c1-18-13-7-6-12(8-13)16-9-14(17)10-2-4-11(15)5-3-10/h2-5,12-14,16-17H,6-9H2,1H3. The number of nitrogens with one attached hydrogen (secondary N) is 1. The van der Waals surface area contributed by atoms with E-state index in [1.165, 1.54) is 19.3 Å². The number of hydrogen-bond donors (Lipinski definition) is 2. The summed E-state index contributed by atoms with van der Waals surface area (Å²) in [6.07, 6.45) is 5.45. The fraction of sp³-hybridized carbons (Fsp3) is 0.571. The molecule has 1 aliphatic carbocycles. The molecule has 1 aromatic rings. The van der Waals surface area contributed by atoms with Crippen molar-refractivity contribution >= 4 is 23.4 Å². The Balaban J connectivity index is 1.78. The molecule has 0 spiro atoms. The number of benzene rings is 1. The number of thioether (sulfide) groups is 1. The predicted molar refractivity (Wildman–Crippen MR) is 79.4 cm³/mol. The van der Waals surface area contributed by atoms with Crippen molar-refractivity contribution in [1.29, 1.82) is 0 Å². The molecule has 100 valence electrons. The molecule has 3 unspecified atom stereocenters. The first-order chi connectivity index (χ1) is 8.69.